The number of aliphatic hydroxyl groups excluding tert-OH is 1. The Balaban J connectivity index is 3.32. The minimum absolute atomic E-state index is 0.332. The largest absolute Gasteiger partial charge is 0.396 e. The number of rotatable bonds is 10. The van der Waals surface area contributed by atoms with Crippen LogP contribution in [0.2, 0.25) is 0 Å². The standard InChI is InChI=1S/C13H30NO/c1-4-5-6-7-8-9-11-14(2,3)12-10-13-15/h15H,4-13H2,1-3H3/q+1. The van der Waals surface area contributed by atoms with Crippen molar-refractivity contribution in [2.75, 3.05) is 33.8 Å². The smallest absolute Gasteiger partial charge is 0.0804 e. The number of hydrogen-bond donors (Lipinski definition) is 1. The third-order valence-electron chi connectivity index (χ3n) is 3.04. The number of quaternary nitrogens is 1. The first kappa shape index (κ1) is 14.9. The fraction of sp³-hybridized carbons (Fsp3) is 1.00. The highest BCUT2D eigenvalue weighted by atomic mass is 16.3. The number of hydrogen-bond acceptors (Lipinski definition) is 1. The fourth-order valence-electron chi connectivity index (χ4n) is 1.93. The van der Waals surface area contributed by atoms with Gasteiger partial charge in [0, 0.05) is 13.0 Å². The van der Waals surface area contributed by atoms with Crippen LogP contribution in [0.15, 0.2) is 0 Å². The maximum Gasteiger partial charge on any atom is 0.0804 e. The van der Waals surface area contributed by atoms with Crippen molar-refractivity contribution >= 4 is 0 Å². The molecule has 15 heavy (non-hydrogen) atoms. The second-order valence-corrected chi connectivity index (χ2v) is 5.23. The lowest BCUT2D eigenvalue weighted by Gasteiger charge is -2.29. The van der Waals surface area contributed by atoms with Crippen LogP contribution in [0.3, 0.4) is 0 Å². The van der Waals surface area contributed by atoms with Gasteiger partial charge >= 0.3 is 0 Å². The van der Waals surface area contributed by atoms with Crippen LogP contribution in [0.4, 0.5) is 0 Å². The third-order valence-corrected chi connectivity index (χ3v) is 3.04. The maximum absolute atomic E-state index is 8.79. The van der Waals surface area contributed by atoms with Gasteiger partial charge in [0.2, 0.25) is 0 Å². The lowest BCUT2D eigenvalue weighted by atomic mass is 10.1. The van der Waals surface area contributed by atoms with Crippen LogP contribution >= 0.6 is 0 Å². The number of nitrogens with zero attached hydrogens (tertiary/aromatic N) is 1. The Kier molecular flexibility index (Phi) is 9.12. The molecule has 0 saturated heterocycles. The van der Waals surface area contributed by atoms with Gasteiger partial charge in [0.1, 0.15) is 0 Å². The molecule has 0 heterocycles. The summed E-state index contributed by atoms with van der Waals surface area (Å²) < 4.78 is 1.06. The summed E-state index contributed by atoms with van der Waals surface area (Å²) in [6.07, 6.45) is 9.17. The second kappa shape index (κ2) is 9.17. The first-order chi connectivity index (χ1) is 7.12. The predicted octanol–water partition coefficient (Wildman–Crippen LogP) is 2.81. The Morgan fingerprint density at radius 2 is 1.33 bits per heavy atom. The van der Waals surface area contributed by atoms with E-state index in [-0.39, 0.29) is 0 Å². The molecule has 0 aromatic carbocycles. The molecule has 1 N–H and O–H groups in total. The summed E-state index contributed by atoms with van der Waals surface area (Å²) in [6, 6.07) is 0. The van der Waals surface area contributed by atoms with Gasteiger partial charge in [0.25, 0.3) is 0 Å². The fourth-order valence-corrected chi connectivity index (χ4v) is 1.93. The second-order valence-electron chi connectivity index (χ2n) is 5.23. The van der Waals surface area contributed by atoms with E-state index in [9.17, 15) is 0 Å². The highest BCUT2D eigenvalue weighted by Crippen LogP contribution is 2.08. The van der Waals surface area contributed by atoms with Crippen molar-refractivity contribution in [3.8, 4) is 0 Å². The molecule has 0 saturated carbocycles. The predicted molar refractivity (Wildman–Crippen MR) is 66.9 cm³/mol. The zero-order valence-corrected chi connectivity index (χ0v) is 11.0. The Bertz CT molecular complexity index is 134. The molecule has 0 radical (unpaired) electrons. The molecule has 0 aromatic heterocycles. The summed E-state index contributed by atoms with van der Waals surface area (Å²) >= 11 is 0. The van der Waals surface area contributed by atoms with Crippen molar-refractivity contribution in [1.29, 1.82) is 0 Å². The van der Waals surface area contributed by atoms with E-state index in [4.69, 9.17) is 5.11 Å². The molecule has 0 aliphatic carbocycles. The molecule has 0 spiro atoms. The molecule has 92 valence electrons. The van der Waals surface area contributed by atoms with Crippen LogP contribution in [0.1, 0.15) is 51.9 Å². The van der Waals surface area contributed by atoms with Gasteiger partial charge in [-0.1, -0.05) is 32.6 Å². The zero-order chi connectivity index (χ0) is 11.6. The highest BCUT2D eigenvalue weighted by Gasteiger charge is 2.12. The summed E-state index contributed by atoms with van der Waals surface area (Å²) in [6.45, 7) is 4.95. The first-order valence-electron chi connectivity index (χ1n) is 6.55. The van der Waals surface area contributed by atoms with Crippen molar-refractivity contribution < 1.29 is 9.59 Å². The van der Waals surface area contributed by atoms with Gasteiger partial charge < -0.3 is 9.59 Å². The van der Waals surface area contributed by atoms with E-state index in [1.165, 1.54) is 45.1 Å². The molecule has 0 bridgehead atoms. The van der Waals surface area contributed by atoms with Gasteiger partial charge in [-0.3, -0.25) is 0 Å². The minimum atomic E-state index is 0.332. The first-order valence-corrected chi connectivity index (χ1v) is 6.55. The van der Waals surface area contributed by atoms with E-state index in [1.54, 1.807) is 0 Å². The lowest BCUT2D eigenvalue weighted by molar-refractivity contribution is -0.890. The quantitative estimate of drug-likeness (QED) is 0.440. The van der Waals surface area contributed by atoms with Gasteiger partial charge in [-0.2, -0.15) is 0 Å². The average molecular weight is 216 g/mol. The Hall–Kier alpha value is -0.0800. The molecule has 0 aliphatic heterocycles. The number of unbranched alkanes of at least 4 members (excludes halogenated alkanes) is 5. The van der Waals surface area contributed by atoms with Crippen LogP contribution in [-0.2, 0) is 0 Å². The molecule has 0 atom stereocenters. The van der Waals surface area contributed by atoms with E-state index in [0.29, 0.717) is 6.61 Å². The van der Waals surface area contributed by atoms with Crippen molar-refractivity contribution in [3.63, 3.8) is 0 Å². The summed E-state index contributed by atoms with van der Waals surface area (Å²) in [5.74, 6) is 0. The normalized spacial score (nSPS) is 12.0. The van der Waals surface area contributed by atoms with Gasteiger partial charge in [-0.15, -0.1) is 0 Å². The van der Waals surface area contributed by atoms with Gasteiger partial charge in [0.15, 0.2) is 0 Å². The zero-order valence-electron chi connectivity index (χ0n) is 11.0. The van der Waals surface area contributed by atoms with Crippen LogP contribution in [0, 0.1) is 0 Å². The molecule has 2 nitrogen and oxygen atoms in total. The molecule has 2 heteroatoms. The topological polar surface area (TPSA) is 20.2 Å². The number of aliphatic hydroxyl groups is 1. The van der Waals surface area contributed by atoms with E-state index >= 15 is 0 Å². The van der Waals surface area contributed by atoms with Crippen molar-refractivity contribution in [1.82, 2.24) is 0 Å². The van der Waals surface area contributed by atoms with Crippen molar-refractivity contribution in [2.45, 2.75) is 51.9 Å². The minimum Gasteiger partial charge on any atom is -0.396 e. The highest BCUT2D eigenvalue weighted by molar-refractivity contribution is 4.44. The third kappa shape index (κ3) is 10.2. The summed E-state index contributed by atoms with van der Waals surface area (Å²) in [7, 11) is 4.53. The summed E-state index contributed by atoms with van der Waals surface area (Å²) in [5.41, 5.74) is 0. The molecule has 0 fully saturated rings. The van der Waals surface area contributed by atoms with Crippen LogP contribution in [0.5, 0.6) is 0 Å². The van der Waals surface area contributed by atoms with Crippen molar-refractivity contribution in [3.05, 3.63) is 0 Å². The SMILES string of the molecule is CCCCCCCC[N+](C)(C)CCCO. The van der Waals surface area contributed by atoms with E-state index < -0.39 is 0 Å². The monoisotopic (exact) mass is 216 g/mol. The Morgan fingerprint density at radius 1 is 0.800 bits per heavy atom. The molecule has 0 amide bonds. The molecule has 0 aromatic rings. The van der Waals surface area contributed by atoms with Crippen LogP contribution in [-0.4, -0.2) is 43.4 Å². The Morgan fingerprint density at radius 3 is 1.93 bits per heavy atom. The summed E-state index contributed by atoms with van der Waals surface area (Å²) in [4.78, 5) is 0. The Labute approximate surface area is 95.9 Å². The van der Waals surface area contributed by atoms with Crippen LogP contribution < -0.4 is 0 Å². The molecule has 0 unspecified atom stereocenters. The molecule has 0 aliphatic rings. The maximum atomic E-state index is 8.79. The van der Waals surface area contributed by atoms with E-state index in [0.717, 1.165) is 17.4 Å². The van der Waals surface area contributed by atoms with E-state index in [1.807, 2.05) is 0 Å². The average Bonchev–Trinajstić information content (AvgIpc) is 2.20. The van der Waals surface area contributed by atoms with E-state index in [2.05, 4.69) is 21.0 Å². The van der Waals surface area contributed by atoms with Gasteiger partial charge in [-0.05, 0) is 12.8 Å². The van der Waals surface area contributed by atoms with Crippen molar-refractivity contribution in [2.24, 2.45) is 0 Å². The van der Waals surface area contributed by atoms with Gasteiger partial charge in [0.05, 0.1) is 27.2 Å². The summed E-state index contributed by atoms with van der Waals surface area (Å²) in [5, 5.41) is 8.79. The lowest BCUT2D eigenvalue weighted by Crippen LogP contribution is -2.41. The molecular weight excluding hydrogens is 186 g/mol. The molecular formula is C13H30NO+. The van der Waals surface area contributed by atoms with Crippen LogP contribution in [0.25, 0.3) is 0 Å². The van der Waals surface area contributed by atoms with Gasteiger partial charge in [-0.25, -0.2) is 0 Å². The molecule has 0 rings (SSSR count).